The molecular weight excluding hydrogens is 610 g/mol. The smallest absolute Gasteiger partial charge is 0.338 e. The van der Waals surface area contributed by atoms with Crippen molar-refractivity contribution in [2.75, 3.05) is 37.7 Å². The van der Waals surface area contributed by atoms with Gasteiger partial charge in [0.1, 0.15) is 12.0 Å². The number of carbonyl (C=O) groups is 2. The maximum absolute atomic E-state index is 13.4. The minimum absolute atomic E-state index is 0.0453. The monoisotopic (exact) mass is 639 g/mol. The van der Waals surface area contributed by atoms with Gasteiger partial charge in [-0.3, -0.25) is 24.8 Å². The summed E-state index contributed by atoms with van der Waals surface area (Å²) in [6, 6.07) is 13.5. The highest BCUT2D eigenvalue weighted by molar-refractivity contribution is 7.91. The molecule has 2 atom stereocenters. The number of nitro groups is 1. The highest BCUT2D eigenvalue weighted by atomic mass is 32.2. The number of aliphatic carboxylic acids is 1. The van der Waals surface area contributed by atoms with Crippen LogP contribution in [0.1, 0.15) is 40.7 Å². The number of hydrogen-bond donors (Lipinski definition) is 2. The normalized spacial score (nSPS) is 19.0. The van der Waals surface area contributed by atoms with E-state index in [1.165, 1.54) is 18.2 Å². The third kappa shape index (κ3) is 6.69. The maximum atomic E-state index is 13.4. The number of nitro benzene ring substituents is 1. The molecule has 5 rings (SSSR count). The number of rotatable bonds is 10. The Balaban J connectivity index is 1.61. The molecule has 2 N–H and O–H groups in total. The van der Waals surface area contributed by atoms with Gasteiger partial charge in [0.05, 0.1) is 39.9 Å². The zero-order valence-electron chi connectivity index (χ0n) is 23.6. The number of aromatic nitrogens is 1. The number of aliphatic imine (C=N–C) groups is 1. The van der Waals surface area contributed by atoms with Crippen LogP contribution in [0.25, 0.3) is 0 Å². The van der Waals surface area contributed by atoms with E-state index in [-0.39, 0.29) is 66.1 Å². The van der Waals surface area contributed by atoms with Crippen molar-refractivity contribution >= 4 is 44.6 Å². The number of esters is 1. The Kier molecular flexibility index (Phi) is 9.17. The Hall–Kier alpha value is -4.47. The molecule has 0 radical (unpaired) electrons. The molecule has 2 aliphatic rings. The topological polar surface area (TPSA) is 181 Å². The Bertz CT molecular complexity index is 1740. The van der Waals surface area contributed by atoms with Crippen LogP contribution < -0.4 is 5.32 Å². The van der Waals surface area contributed by atoms with E-state index in [0.29, 0.717) is 16.3 Å². The number of sulfone groups is 1. The van der Waals surface area contributed by atoms with Crippen molar-refractivity contribution in [2.45, 2.75) is 18.9 Å². The summed E-state index contributed by atoms with van der Waals surface area (Å²) in [6.07, 6.45) is 0. The Labute approximate surface area is 257 Å². The zero-order chi connectivity index (χ0) is 31.4. The lowest BCUT2D eigenvalue weighted by molar-refractivity contribution is -0.385. The molecule has 0 amide bonds. The number of amidine groups is 1. The summed E-state index contributed by atoms with van der Waals surface area (Å²) in [6.45, 7) is 2.25. The predicted molar refractivity (Wildman–Crippen MR) is 162 cm³/mol. The van der Waals surface area contributed by atoms with Crippen molar-refractivity contribution in [2.24, 2.45) is 4.99 Å². The number of carboxylic acid groups (broad SMARTS) is 1. The van der Waals surface area contributed by atoms with Gasteiger partial charge in [0.25, 0.3) is 5.69 Å². The molecule has 13 nitrogen and oxygen atoms in total. The molecule has 2 aromatic carbocycles. The quantitative estimate of drug-likeness (QED) is 0.189. The number of hydrogen-bond acceptors (Lipinski definition) is 12. The van der Waals surface area contributed by atoms with Crippen molar-refractivity contribution in [3.63, 3.8) is 0 Å². The number of carboxylic acids is 1. The van der Waals surface area contributed by atoms with Gasteiger partial charge in [-0.25, -0.2) is 18.2 Å². The molecule has 2 aliphatic heterocycles. The van der Waals surface area contributed by atoms with Crippen molar-refractivity contribution in [3.8, 4) is 0 Å². The molecule has 230 valence electrons. The van der Waals surface area contributed by atoms with Crippen molar-refractivity contribution in [3.05, 3.63) is 103 Å². The van der Waals surface area contributed by atoms with E-state index in [2.05, 4.69) is 10.3 Å². The Morgan fingerprint density at radius 3 is 2.50 bits per heavy atom. The van der Waals surface area contributed by atoms with E-state index in [4.69, 9.17) is 9.73 Å². The van der Waals surface area contributed by atoms with E-state index in [9.17, 15) is 33.2 Å². The number of thiazole rings is 1. The van der Waals surface area contributed by atoms with Gasteiger partial charge in [-0.1, -0.05) is 42.5 Å². The van der Waals surface area contributed by atoms with Gasteiger partial charge in [0, 0.05) is 36.8 Å². The molecule has 0 spiro atoms. The lowest BCUT2D eigenvalue weighted by Gasteiger charge is -2.32. The highest BCUT2D eigenvalue weighted by Crippen LogP contribution is 2.38. The molecule has 0 bridgehead atoms. The number of ether oxygens (including phenoxy) is 1. The first-order valence-electron chi connectivity index (χ1n) is 13.7. The molecule has 1 saturated heterocycles. The number of carbonyl (C=O) groups excluding carboxylic acids is 1. The number of para-hydroxylation sites is 1. The second-order valence-electron chi connectivity index (χ2n) is 10.1. The lowest BCUT2D eigenvalue weighted by Crippen LogP contribution is -2.45. The maximum Gasteiger partial charge on any atom is 0.338 e. The number of nitrogens with one attached hydrogen (secondary N) is 1. The largest absolute Gasteiger partial charge is 0.480 e. The summed E-state index contributed by atoms with van der Waals surface area (Å²) in [4.78, 5) is 48.4. The van der Waals surface area contributed by atoms with Gasteiger partial charge in [-0.05, 0) is 18.6 Å². The van der Waals surface area contributed by atoms with Crippen LogP contribution in [0.2, 0.25) is 0 Å². The third-order valence-electron chi connectivity index (χ3n) is 7.27. The number of benzene rings is 2. The van der Waals surface area contributed by atoms with E-state index in [1.807, 2.05) is 4.90 Å². The van der Waals surface area contributed by atoms with Crippen molar-refractivity contribution < 1.29 is 32.8 Å². The third-order valence-corrected chi connectivity index (χ3v) is 9.74. The summed E-state index contributed by atoms with van der Waals surface area (Å²) in [5.74, 6) is -2.76. The summed E-state index contributed by atoms with van der Waals surface area (Å²) < 4.78 is 29.5. The van der Waals surface area contributed by atoms with Crippen LogP contribution in [-0.2, 0) is 24.2 Å². The van der Waals surface area contributed by atoms with Gasteiger partial charge in [-0.2, -0.15) is 0 Å². The standard InChI is InChI=1S/C29H29N5O8S2/c1-2-42-29(37)24-20(16-33-12-14-44(40,41)15-13-33)30-26(32-25(24)19-10-6-7-11-22(19)34(38)39)27-31-21(17-43-27)23(28(35)36)18-8-4-3-5-9-18/h3-11,17,23,25H,2,12-16H2,1H3,(H,30,32)(H,35,36). The molecule has 1 fully saturated rings. The van der Waals surface area contributed by atoms with Crippen LogP contribution in [0.4, 0.5) is 5.69 Å². The van der Waals surface area contributed by atoms with E-state index >= 15 is 0 Å². The first kappa shape index (κ1) is 31.0. The van der Waals surface area contributed by atoms with Crippen LogP contribution in [0.3, 0.4) is 0 Å². The molecule has 0 saturated carbocycles. The molecule has 1 aromatic heterocycles. The van der Waals surface area contributed by atoms with E-state index < -0.39 is 38.7 Å². The minimum Gasteiger partial charge on any atom is -0.480 e. The van der Waals surface area contributed by atoms with Gasteiger partial charge in [0.15, 0.2) is 20.7 Å². The highest BCUT2D eigenvalue weighted by Gasteiger charge is 2.37. The molecule has 0 aliphatic carbocycles. The zero-order valence-corrected chi connectivity index (χ0v) is 25.2. The summed E-state index contributed by atoms with van der Waals surface area (Å²) in [5.41, 5.74) is 1.12. The van der Waals surface area contributed by atoms with Crippen LogP contribution in [0.5, 0.6) is 0 Å². The average Bonchev–Trinajstić information content (AvgIpc) is 3.48. The van der Waals surface area contributed by atoms with Crippen LogP contribution in [-0.4, -0.2) is 83.9 Å². The van der Waals surface area contributed by atoms with Crippen LogP contribution in [0.15, 0.2) is 76.2 Å². The summed E-state index contributed by atoms with van der Waals surface area (Å²) in [7, 11) is -3.18. The SMILES string of the molecule is CCOC(=O)C1=C(CN2CCS(=O)(=O)CC2)NC(c2nc(C(C(=O)O)c3ccccc3)cs2)=NC1c1ccccc1[N+](=O)[O-]. The predicted octanol–water partition coefficient (Wildman–Crippen LogP) is 2.91. The molecule has 3 heterocycles. The fourth-order valence-electron chi connectivity index (χ4n) is 5.13. The fraction of sp³-hybridized carbons (Fsp3) is 0.310. The first-order valence-corrected chi connectivity index (χ1v) is 16.4. The van der Waals surface area contributed by atoms with Crippen LogP contribution >= 0.6 is 11.3 Å². The average molecular weight is 640 g/mol. The first-order chi connectivity index (χ1) is 21.1. The molecular formula is C29H29N5O8S2. The fourth-order valence-corrected chi connectivity index (χ4v) is 7.20. The second kappa shape index (κ2) is 13.0. The van der Waals surface area contributed by atoms with E-state index in [1.54, 1.807) is 48.7 Å². The van der Waals surface area contributed by atoms with Crippen LogP contribution in [0, 0.1) is 10.1 Å². The minimum atomic E-state index is -3.18. The van der Waals surface area contributed by atoms with Gasteiger partial charge in [-0.15, -0.1) is 11.3 Å². The van der Waals surface area contributed by atoms with Gasteiger partial charge < -0.3 is 15.2 Å². The summed E-state index contributed by atoms with van der Waals surface area (Å²) >= 11 is 1.14. The molecule has 15 heteroatoms. The molecule has 44 heavy (non-hydrogen) atoms. The van der Waals surface area contributed by atoms with Gasteiger partial charge >= 0.3 is 11.9 Å². The number of nitrogens with zero attached hydrogens (tertiary/aromatic N) is 4. The lowest BCUT2D eigenvalue weighted by atomic mass is 9.94. The molecule has 2 unspecified atom stereocenters. The van der Waals surface area contributed by atoms with E-state index in [0.717, 1.165) is 11.3 Å². The van der Waals surface area contributed by atoms with Crippen molar-refractivity contribution in [1.29, 1.82) is 0 Å². The molecule has 3 aromatic rings. The Morgan fingerprint density at radius 1 is 1.16 bits per heavy atom. The summed E-state index contributed by atoms with van der Waals surface area (Å²) in [5, 5.41) is 27.2. The van der Waals surface area contributed by atoms with Crippen molar-refractivity contribution in [1.82, 2.24) is 15.2 Å². The van der Waals surface area contributed by atoms with Gasteiger partial charge in [0.2, 0.25) is 0 Å². The Morgan fingerprint density at radius 2 is 1.84 bits per heavy atom. The second-order valence-corrected chi connectivity index (χ2v) is 13.3.